The number of nitrogens with zero attached hydrogens (tertiary/aromatic N) is 2. The van der Waals surface area contributed by atoms with Gasteiger partial charge in [-0.15, -0.1) is 0 Å². The fourth-order valence-corrected chi connectivity index (χ4v) is 3.45. The van der Waals surface area contributed by atoms with Crippen molar-refractivity contribution in [2.75, 3.05) is 12.0 Å². The Morgan fingerprint density at radius 3 is 2.50 bits per heavy atom. The lowest BCUT2D eigenvalue weighted by molar-refractivity contribution is -0.135. The highest BCUT2D eigenvalue weighted by molar-refractivity contribution is 8.19. The molecular weight excluding hydrogens is 383 g/mol. The molecule has 2 aromatic carbocycles. The molecule has 0 aliphatic carbocycles. The fourth-order valence-electron chi connectivity index (χ4n) is 2.52. The van der Waals surface area contributed by atoms with Crippen LogP contribution in [0.5, 0.6) is 0 Å². The molecule has 142 valence electrons. The SMILES string of the molecule is COC(=O)/C=C1\SC(=NC(=O)c2ccccc2F)N(c2ccccc2C)C1=O. The van der Waals surface area contributed by atoms with Crippen molar-refractivity contribution in [2.45, 2.75) is 6.92 Å². The predicted octanol–water partition coefficient (Wildman–Crippen LogP) is 3.47. The molecule has 0 atom stereocenters. The van der Waals surface area contributed by atoms with Crippen molar-refractivity contribution in [1.29, 1.82) is 0 Å². The van der Waals surface area contributed by atoms with E-state index in [4.69, 9.17) is 0 Å². The molecule has 1 fully saturated rings. The molecule has 0 bridgehead atoms. The number of aryl methyl sites for hydroxylation is 1. The summed E-state index contributed by atoms with van der Waals surface area (Å²) in [6, 6.07) is 12.5. The van der Waals surface area contributed by atoms with Crippen LogP contribution in [0.2, 0.25) is 0 Å². The van der Waals surface area contributed by atoms with Gasteiger partial charge in [0, 0.05) is 6.08 Å². The van der Waals surface area contributed by atoms with Gasteiger partial charge in [-0.2, -0.15) is 4.99 Å². The number of benzene rings is 2. The summed E-state index contributed by atoms with van der Waals surface area (Å²) in [6.45, 7) is 1.80. The van der Waals surface area contributed by atoms with Crippen LogP contribution < -0.4 is 4.90 Å². The molecule has 2 aromatic rings. The van der Waals surface area contributed by atoms with Crippen molar-refractivity contribution in [3.8, 4) is 0 Å². The van der Waals surface area contributed by atoms with E-state index in [2.05, 4.69) is 9.73 Å². The molecule has 1 aliphatic rings. The number of halogens is 1. The van der Waals surface area contributed by atoms with Crippen molar-refractivity contribution in [3.63, 3.8) is 0 Å². The van der Waals surface area contributed by atoms with E-state index in [1.807, 2.05) is 0 Å². The quantitative estimate of drug-likeness (QED) is 0.585. The topological polar surface area (TPSA) is 76.0 Å². The molecule has 6 nitrogen and oxygen atoms in total. The van der Waals surface area contributed by atoms with Crippen molar-refractivity contribution < 1.29 is 23.5 Å². The monoisotopic (exact) mass is 398 g/mol. The smallest absolute Gasteiger partial charge is 0.331 e. The van der Waals surface area contributed by atoms with Gasteiger partial charge < -0.3 is 4.74 Å². The molecule has 0 N–H and O–H groups in total. The first-order chi connectivity index (χ1) is 13.4. The second-order valence-electron chi connectivity index (χ2n) is 5.74. The number of thioether (sulfide) groups is 1. The van der Waals surface area contributed by atoms with E-state index < -0.39 is 23.6 Å². The maximum atomic E-state index is 13.9. The predicted molar refractivity (Wildman–Crippen MR) is 105 cm³/mol. The van der Waals surface area contributed by atoms with Gasteiger partial charge >= 0.3 is 5.97 Å². The van der Waals surface area contributed by atoms with E-state index in [1.54, 1.807) is 31.2 Å². The first kappa shape index (κ1) is 19.5. The summed E-state index contributed by atoms with van der Waals surface area (Å²) in [5.41, 5.74) is 1.06. The Bertz CT molecular complexity index is 1030. The minimum atomic E-state index is -0.827. The number of anilines is 1. The van der Waals surface area contributed by atoms with Gasteiger partial charge in [-0.1, -0.05) is 30.3 Å². The molecule has 2 amide bonds. The number of aliphatic imine (C=N–C) groups is 1. The van der Waals surface area contributed by atoms with Gasteiger partial charge in [0.15, 0.2) is 5.17 Å². The second kappa shape index (κ2) is 8.18. The summed E-state index contributed by atoms with van der Waals surface area (Å²) in [6.07, 6.45) is 1.04. The largest absolute Gasteiger partial charge is 0.466 e. The Morgan fingerprint density at radius 1 is 1.14 bits per heavy atom. The van der Waals surface area contributed by atoms with E-state index in [0.29, 0.717) is 5.69 Å². The highest BCUT2D eigenvalue weighted by Gasteiger charge is 2.36. The number of amidine groups is 1. The lowest BCUT2D eigenvalue weighted by atomic mass is 10.2. The Kier molecular flexibility index (Phi) is 5.70. The van der Waals surface area contributed by atoms with E-state index in [-0.39, 0.29) is 15.6 Å². The van der Waals surface area contributed by atoms with Gasteiger partial charge in [0.05, 0.1) is 23.3 Å². The molecule has 8 heteroatoms. The maximum absolute atomic E-state index is 13.9. The number of methoxy groups -OCH3 is 1. The molecule has 3 rings (SSSR count). The Hall–Kier alpha value is -3.26. The minimum Gasteiger partial charge on any atom is -0.466 e. The van der Waals surface area contributed by atoms with Gasteiger partial charge in [-0.05, 0) is 42.4 Å². The summed E-state index contributed by atoms with van der Waals surface area (Å²) >= 11 is 0.846. The molecule has 0 unspecified atom stereocenters. The van der Waals surface area contributed by atoms with Crippen LogP contribution in [0.4, 0.5) is 10.1 Å². The summed E-state index contributed by atoms with van der Waals surface area (Å²) < 4.78 is 18.5. The third-order valence-electron chi connectivity index (χ3n) is 3.91. The van der Waals surface area contributed by atoms with Crippen LogP contribution in [-0.2, 0) is 14.3 Å². The Balaban J connectivity index is 2.08. The number of para-hydroxylation sites is 1. The minimum absolute atomic E-state index is 0.0303. The lowest BCUT2D eigenvalue weighted by Gasteiger charge is -2.17. The highest BCUT2D eigenvalue weighted by Crippen LogP contribution is 2.36. The molecule has 0 aromatic heterocycles. The van der Waals surface area contributed by atoms with Crippen LogP contribution in [0.25, 0.3) is 0 Å². The third-order valence-corrected chi connectivity index (χ3v) is 4.88. The van der Waals surface area contributed by atoms with E-state index in [0.717, 1.165) is 29.5 Å². The van der Waals surface area contributed by atoms with Crippen LogP contribution in [0.15, 0.2) is 64.5 Å². The van der Waals surface area contributed by atoms with Crippen molar-refractivity contribution in [3.05, 3.63) is 76.5 Å². The van der Waals surface area contributed by atoms with Crippen LogP contribution in [0.1, 0.15) is 15.9 Å². The van der Waals surface area contributed by atoms with Gasteiger partial charge in [-0.3, -0.25) is 14.5 Å². The normalized spacial score (nSPS) is 16.7. The number of ether oxygens (including phenoxy) is 1. The fraction of sp³-hybridized carbons (Fsp3) is 0.100. The highest BCUT2D eigenvalue weighted by atomic mass is 32.2. The number of amides is 2. The molecule has 1 heterocycles. The third kappa shape index (κ3) is 3.86. The number of carbonyl (C=O) groups is 3. The second-order valence-corrected chi connectivity index (χ2v) is 6.75. The average Bonchev–Trinajstić information content (AvgIpc) is 2.97. The van der Waals surface area contributed by atoms with E-state index >= 15 is 0 Å². The van der Waals surface area contributed by atoms with Crippen LogP contribution >= 0.6 is 11.8 Å². The molecule has 1 saturated heterocycles. The standard InChI is InChI=1S/C20H15FN2O4S/c1-12-7-3-6-10-15(12)23-19(26)16(11-17(24)27-2)28-20(23)22-18(25)13-8-4-5-9-14(13)21/h3-11H,1-2H3/b16-11-,22-20?. The van der Waals surface area contributed by atoms with E-state index in [1.165, 1.54) is 30.2 Å². The molecule has 0 saturated carbocycles. The van der Waals surface area contributed by atoms with Gasteiger partial charge in [-0.25, -0.2) is 9.18 Å². The van der Waals surface area contributed by atoms with Crippen molar-refractivity contribution in [1.82, 2.24) is 0 Å². The van der Waals surface area contributed by atoms with Crippen molar-refractivity contribution in [2.24, 2.45) is 4.99 Å². The summed E-state index contributed by atoms with van der Waals surface area (Å²) in [5.74, 6) is -2.77. The van der Waals surface area contributed by atoms with Crippen LogP contribution in [0, 0.1) is 12.7 Å². The summed E-state index contributed by atoms with van der Waals surface area (Å²) in [4.78, 5) is 42.2. The van der Waals surface area contributed by atoms with Crippen LogP contribution in [0.3, 0.4) is 0 Å². The number of esters is 1. The summed E-state index contributed by atoms with van der Waals surface area (Å²) in [5, 5.41) is 0.0303. The zero-order valence-corrected chi connectivity index (χ0v) is 15.8. The van der Waals surface area contributed by atoms with E-state index in [9.17, 15) is 18.8 Å². The average molecular weight is 398 g/mol. The first-order valence-electron chi connectivity index (χ1n) is 8.17. The summed E-state index contributed by atoms with van der Waals surface area (Å²) in [7, 11) is 1.19. The Morgan fingerprint density at radius 2 is 1.82 bits per heavy atom. The van der Waals surface area contributed by atoms with Gasteiger partial charge in [0.25, 0.3) is 11.8 Å². The zero-order chi connectivity index (χ0) is 20.3. The number of rotatable bonds is 3. The first-order valence-corrected chi connectivity index (χ1v) is 8.99. The van der Waals surface area contributed by atoms with Crippen LogP contribution in [-0.4, -0.2) is 30.1 Å². The van der Waals surface area contributed by atoms with Gasteiger partial charge in [0.2, 0.25) is 0 Å². The number of carbonyl (C=O) groups excluding carboxylic acids is 3. The van der Waals surface area contributed by atoms with Crippen molar-refractivity contribution >= 4 is 40.4 Å². The number of hydrogen-bond donors (Lipinski definition) is 0. The molecule has 0 spiro atoms. The molecular formula is C20H15FN2O4S. The zero-order valence-electron chi connectivity index (χ0n) is 15.0. The molecule has 1 aliphatic heterocycles. The van der Waals surface area contributed by atoms with Gasteiger partial charge in [0.1, 0.15) is 5.82 Å². The number of hydrogen-bond acceptors (Lipinski definition) is 5. The lowest BCUT2D eigenvalue weighted by Crippen LogP contribution is -2.30. The Labute approximate surface area is 164 Å². The molecule has 0 radical (unpaired) electrons. The molecule has 28 heavy (non-hydrogen) atoms. The maximum Gasteiger partial charge on any atom is 0.331 e.